The standard InChI is InChI=1S/C17H29NO.H2O/c1-6-17(7-2,13-14-18-16(3,4)5)19-15-11-9-8-10-12-15;/h8-12,18H,6-7,13-14H2,1-5H3;1H2. The van der Waals surface area contributed by atoms with Crippen molar-refractivity contribution in [3.05, 3.63) is 30.3 Å². The summed E-state index contributed by atoms with van der Waals surface area (Å²) in [6.45, 7) is 12.0. The lowest BCUT2D eigenvalue weighted by Crippen LogP contribution is -2.42. The van der Waals surface area contributed by atoms with Crippen LogP contribution in [0, 0.1) is 0 Å². The average molecular weight is 281 g/mol. The lowest BCUT2D eigenvalue weighted by atomic mass is 9.92. The van der Waals surface area contributed by atoms with Crippen molar-refractivity contribution in [1.82, 2.24) is 5.32 Å². The minimum Gasteiger partial charge on any atom is -0.487 e. The third kappa shape index (κ3) is 6.40. The predicted octanol–water partition coefficient (Wildman–Crippen LogP) is 3.58. The van der Waals surface area contributed by atoms with Crippen LogP contribution in [0.25, 0.3) is 0 Å². The van der Waals surface area contributed by atoms with Gasteiger partial charge in [-0.05, 0) is 58.7 Å². The molecule has 1 aromatic rings. The van der Waals surface area contributed by atoms with E-state index >= 15 is 0 Å². The summed E-state index contributed by atoms with van der Waals surface area (Å²) in [5.41, 5.74) is 0.111. The van der Waals surface area contributed by atoms with E-state index in [1.165, 1.54) is 0 Å². The molecular formula is C17H31NO2. The molecule has 0 spiro atoms. The second-order valence-corrected chi connectivity index (χ2v) is 6.23. The highest BCUT2D eigenvalue weighted by atomic mass is 16.5. The van der Waals surface area contributed by atoms with Gasteiger partial charge in [0.05, 0.1) is 0 Å². The summed E-state index contributed by atoms with van der Waals surface area (Å²) in [4.78, 5) is 0. The van der Waals surface area contributed by atoms with Gasteiger partial charge < -0.3 is 15.5 Å². The molecule has 0 heterocycles. The lowest BCUT2D eigenvalue weighted by Gasteiger charge is -2.34. The fourth-order valence-corrected chi connectivity index (χ4v) is 2.20. The van der Waals surface area contributed by atoms with Crippen molar-refractivity contribution in [3.8, 4) is 5.75 Å². The number of rotatable bonds is 7. The first-order valence-corrected chi connectivity index (χ1v) is 7.40. The van der Waals surface area contributed by atoms with Gasteiger partial charge in [-0.2, -0.15) is 0 Å². The molecule has 3 nitrogen and oxygen atoms in total. The first kappa shape index (κ1) is 18.9. The Morgan fingerprint density at radius 3 is 2.00 bits per heavy atom. The maximum Gasteiger partial charge on any atom is 0.120 e. The van der Waals surface area contributed by atoms with E-state index < -0.39 is 0 Å². The van der Waals surface area contributed by atoms with E-state index in [1.807, 2.05) is 30.3 Å². The number of benzene rings is 1. The zero-order valence-corrected chi connectivity index (χ0v) is 13.6. The van der Waals surface area contributed by atoms with Gasteiger partial charge in [-0.3, -0.25) is 0 Å². The van der Waals surface area contributed by atoms with Crippen LogP contribution < -0.4 is 10.1 Å². The van der Waals surface area contributed by atoms with Crippen LogP contribution >= 0.6 is 0 Å². The summed E-state index contributed by atoms with van der Waals surface area (Å²) in [6.07, 6.45) is 3.10. The van der Waals surface area contributed by atoms with Crippen molar-refractivity contribution < 1.29 is 10.2 Å². The van der Waals surface area contributed by atoms with E-state index in [4.69, 9.17) is 4.74 Å². The van der Waals surface area contributed by atoms with Crippen molar-refractivity contribution in [3.63, 3.8) is 0 Å². The average Bonchev–Trinajstić information content (AvgIpc) is 2.37. The molecule has 0 saturated carbocycles. The molecule has 0 radical (unpaired) electrons. The summed E-state index contributed by atoms with van der Waals surface area (Å²) in [6, 6.07) is 10.2. The van der Waals surface area contributed by atoms with Crippen molar-refractivity contribution in [2.75, 3.05) is 6.54 Å². The molecule has 0 atom stereocenters. The molecular weight excluding hydrogens is 250 g/mol. The van der Waals surface area contributed by atoms with Gasteiger partial charge >= 0.3 is 0 Å². The van der Waals surface area contributed by atoms with Gasteiger partial charge in [0.1, 0.15) is 11.4 Å². The summed E-state index contributed by atoms with van der Waals surface area (Å²) in [7, 11) is 0. The molecule has 0 bridgehead atoms. The number of nitrogens with one attached hydrogen (secondary N) is 1. The molecule has 1 aromatic carbocycles. The van der Waals surface area contributed by atoms with Gasteiger partial charge in [0.15, 0.2) is 0 Å². The molecule has 1 rings (SSSR count). The van der Waals surface area contributed by atoms with E-state index in [-0.39, 0.29) is 16.6 Å². The first-order valence-electron chi connectivity index (χ1n) is 7.40. The Kier molecular flexibility index (Phi) is 7.84. The molecule has 116 valence electrons. The van der Waals surface area contributed by atoms with Crippen LogP contribution in [0.4, 0.5) is 0 Å². The summed E-state index contributed by atoms with van der Waals surface area (Å²) < 4.78 is 6.28. The molecule has 0 aromatic heterocycles. The van der Waals surface area contributed by atoms with E-state index in [9.17, 15) is 0 Å². The lowest BCUT2D eigenvalue weighted by molar-refractivity contribution is 0.0497. The van der Waals surface area contributed by atoms with Crippen LogP contribution in [-0.2, 0) is 0 Å². The van der Waals surface area contributed by atoms with Crippen LogP contribution in [0.3, 0.4) is 0 Å². The van der Waals surface area contributed by atoms with E-state index in [0.29, 0.717) is 0 Å². The fraction of sp³-hybridized carbons (Fsp3) is 0.647. The summed E-state index contributed by atoms with van der Waals surface area (Å²) in [5, 5.41) is 3.55. The normalized spacial score (nSPS) is 11.8. The van der Waals surface area contributed by atoms with E-state index in [2.05, 4.69) is 39.9 Å². The Morgan fingerprint density at radius 2 is 1.55 bits per heavy atom. The molecule has 3 heteroatoms. The van der Waals surface area contributed by atoms with Crippen LogP contribution in [0.1, 0.15) is 53.9 Å². The minimum atomic E-state index is -0.0559. The highest BCUT2D eigenvalue weighted by Crippen LogP contribution is 2.27. The highest BCUT2D eigenvalue weighted by molar-refractivity contribution is 5.22. The van der Waals surface area contributed by atoms with Gasteiger partial charge in [0.25, 0.3) is 0 Å². The number of para-hydroxylation sites is 1. The SMILES string of the molecule is CCC(CC)(CCNC(C)(C)C)Oc1ccccc1.O. The van der Waals surface area contributed by atoms with Crippen LogP contribution in [0.2, 0.25) is 0 Å². The molecule has 3 N–H and O–H groups in total. The van der Waals surface area contributed by atoms with Crippen LogP contribution in [0.5, 0.6) is 5.75 Å². The molecule has 0 saturated heterocycles. The fourth-order valence-electron chi connectivity index (χ4n) is 2.20. The molecule has 0 unspecified atom stereocenters. The van der Waals surface area contributed by atoms with Gasteiger partial charge in [-0.15, -0.1) is 0 Å². The second-order valence-electron chi connectivity index (χ2n) is 6.23. The van der Waals surface area contributed by atoms with E-state index in [0.717, 1.165) is 31.6 Å². The van der Waals surface area contributed by atoms with Crippen LogP contribution in [-0.4, -0.2) is 23.2 Å². The minimum absolute atomic E-state index is 0. The maximum atomic E-state index is 6.28. The molecule has 0 aliphatic carbocycles. The molecule has 0 aliphatic rings. The first-order chi connectivity index (χ1) is 8.91. The molecule has 20 heavy (non-hydrogen) atoms. The Balaban J connectivity index is 0.00000361. The predicted molar refractivity (Wildman–Crippen MR) is 86.4 cm³/mol. The quantitative estimate of drug-likeness (QED) is 0.830. The molecule has 0 aliphatic heterocycles. The summed E-state index contributed by atoms with van der Waals surface area (Å²) >= 11 is 0. The zero-order valence-electron chi connectivity index (χ0n) is 13.6. The maximum absolute atomic E-state index is 6.28. The third-order valence-electron chi connectivity index (χ3n) is 3.60. The Bertz CT molecular complexity index is 353. The highest BCUT2D eigenvalue weighted by Gasteiger charge is 2.28. The van der Waals surface area contributed by atoms with Gasteiger partial charge in [-0.25, -0.2) is 0 Å². The smallest absolute Gasteiger partial charge is 0.120 e. The van der Waals surface area contributed by atoms with Crippen molar-refractivity contribution >= 4 is 0 Å². The second kappa shape index (κ2) is 8.28. The van der Waals surface area contributed by atoms with Gasteiger partial charge in [0.2, 0.25) is 0 Å². The molecule has 0 amide bonds. The number of hydrogen-bond acceptors (Lipinski definition) is 2. The number of ether oxygens (including phenoxy) is 1. The van der Waals surface area contributed by atoms with Crippen molar-refractivity contribution in [2.24, 2.45) is 0 Å². The third-order valence-corrected chi connectivity index (χ3v) is 3.60. The van der Waals surface area contributed by atoms with Crippen molar-refractivity contribution in [2.45, 2.75) is 65.0 Å². The van der Waals surface area contributed by atoms with Gasteiger partial charge in [-0.1, -0.05) is 32.0 Å². The monoisotopic (exact) mass is 281 g/mol. The largest absolute Gasteiger partial charge is 0.487 e. The topological polar surface area (TPSA) is 52.8 Å². The van der Waals surface area contributed by atoms with Crippen LogP contribution in [0.15, 0.2) is 30.3 Å². The zero-order chi connectivity index (χ0) is 14.4. The van der Waals surface area contributed by atoms with Crippen molar-refractivity contribution in [1.29, 1.82) is 0 Å². The molecule has 0 fully saturated rings. The van der Waals surface area contributed by atoms with E-state index in [1.54, 1.807) is 0 Å². The van der Waals surface area contributed by atoms with Gasteiger partial charge in [0, 0.05) is 5.54 Å². The Hall–Kier alpha value is -1.06. The Morgan fingerprint density at radius 1 is 1.00 bits per heavy atom. The summed E-state index contributed by atoms with van der Waals surface area (Å²) in [5.74, 6) is 0.974. The number of hydrogen-bond donors (Lipinski definition) is 1. The Labute approximate surface area is 124 Å².